The molecule has 0 aliphatic carbocycles. The maximum atomic E-state index is 12.8. The van der Waals surface area contributed by atoms with Crippen molar-refractivity contribution in [3.05, 3.63) is 54.1 Å². The van der Waals surface area contributed by atoms with Gasteiger partial charge in [-0.15, -0.1) is 0 Å². The fourth-order valence-electron chi connectivity index (χ4n) is 2.97. The highest BCUT2D eigenvalue weighted by Gasteiger charge is 2.38. The topological polar surface area (TPSA) is 97.3 Å². The van der Waals surface area contributed by atoms with Gasteiger partial charge in [0.1, 0.15) is 11.0 Å². The molecule has 1 saturated heterocycles. The van der Waals surface area contributed by atoms with Crippen LogP contribution in [-0.4, -0.2) is 53.9 Å². The summed E-state index contributed by atoms with van der Waals surface area (Å²) in [6.07, 6.45) is 0.0341. The molecule has 1 heterocycles. The minimum absolute atomic E-state index is 0.0341. The fourth-order valence-corrected chi connectivity index (χ4v) is 4.19. The van der Waals surface area contributed by atoms with Gasteiger partial charge in [-0.25, -0.2) is 9.79 Å². The smallest absolute Gasteiger partial charge is 0.337 e. The van der Waals surface area contributed by atoms with E-state index in [9.17, 15) is 14.4 Å². The zero-order valence-corrected chi connectivity index (χ0v) is 18.3. The predicted octanol–water partition coefficient (Wildman–Crippen LogP) is 3.46. The second kappa shape index (κ2) is 10.1. The summed E-state index contributed by atoms with van der Waals surface area (Å²) < 4.78 is 9.79. The Labute approximate surface area is 184 Å². The van der Waals surface area contributed by atoms with Crippen molar-refractivity contribution in [3.8, 4) is 5.75 Å². The first-order valence-electron chi connectivity index (χ1n) is 9.64. The number of anilines is 1. The third kappa shape index (κ3) is 5.43. The van der Waals surface area contributed by atoms with Crippen LogP contribution in [-0.2, 0) is 14.3 Å². The van der Waals surface area contributed by atoms with Gasteiger partial charge in [0.15, 0.2) is 5.17 Å². The molecule has 1 atom stereocenters. The molecule has 3 rings (SSSR count). The lowest BCUT2D eigenvalue weighted by Crippen LogP contribution is -2.33. The van der Waals surface area contributed by atoms with E-state index in [0.717, 1.165) is 0 Å². The van der Waals surface area contributed by atoms with Gasteiger partial charge in [-0.1, -0.05) is 11.8 Å². The van der Waals surface area contributed by atoms with Gasteiger partial charge in [-0.05, 0) is 55.5 Å². The number of amidine groups is 1. The third-order valence-electron chi connectivity index (χ3n) is 4.59. The number of rotatable bonds is 7. The molecule has 162 valence electrons. The average Bonchev–Trinajstić information content (AvgIpc) is 3.07. The summed E-state index contributed by atoms with van der Waals surface area (Å²) in [6, 6.07) is 13.6. The van der Waals surface area contributed by atoms with Crippen LogP contribution >= 0.6 is 11.8 Å². The number of nitrogens with zero attached hydrogens (tertiary/aromatic N) is 2. The molecule has 31 heavy (non-hydrogen) atoms. The van der Waals surface area contributed by atoms with Crippen molar-refractivity contribution >= 4 is 46.1 Å². The van der Waals surface area contributed by atoms with E-state index in [-0.39, 0.29) is 18.2 Å². The standard InChI is InChI=1S/C22H23N3O5S/c1-4-25-20(27)18(13-19(26)23-15-9-11-17(29-2)12-10-15)31-22(25)24-16-7-5-14(6-8-16)21(28)30-3/h5-12,18H,4,13H2,1-3H3,(H,23,26). The van der Waals surface area contributed by atoms with Crippen LogP contribution < -0.4 is 10.1 Å². The van der Waals surface area contributed by atoms with Crippen LogP contribution in [0.15, 0.2) is 53.5 Å². The van der Waals surface area contributed by atoms with E-state index in [0.29, 0.717) is 34.4 Å². The van der Waals surface area contributed by atoms with Crippen molar-refractivity contribution in [2.75, 3.05) is 26.1 Å². The zero-order valence-electron chi connectivity index (χ0n) is 17.5. The summed E-state index contributed by atoms with van der Waals surface area (Å²) >= 11 is 1.26. The molecule has 1 fully saturated rings. The van der Waals surface area contributed by atoms with E-state index in [4.69, 9.17) is 4.74 Å². The number of benzene rings is 2. The van der Waals surface area contributed by atoms with Crippen LogP contribution in [0.3, 0.4) is 0 Å². The minimum Gasteiger partial charge on any atom is -0.497 e. The number of ether oxygens (including phenoxy) is 2. The van der Waals surface area contributed by atoms with Gasteiger partial charge in [0.2, 0.25) is 11.8 Å². The number of esters is 1. The van der Waals surface area contributed by atoms with Crippen molar-refractivity contribution in [1.29, 1.82) is 0 Å². The molecule has 0 radical (unpaired) electrons. The highest BCUT2D eigenvalue weighted by molar-refractivity contribution is 8.15. The molecule has 2 aromatic rings. The lowest BCUT2D eigenvalue weighted by Gasteiger charge is -2.13. The number of thioether (sulfide) groups is 1. The molecule has 0 aromatic heterocycles. The number of amides is 2. The first-order valence-corrected chi connectivity index (χ1v) is 10.5. The van der Waals surface area contributed by atoms with Gasteiger partial charge in [-0.3, -0.25) is 14.5 Å². The number of methoxy groups -OCH3 is 2. The number of nitrogens with one attached hydrogen (secondary N) is 1. The number of aliphatic imine (C=N–C) groups is 1. The van der Waals surface area contributed by atoms with E-state index >= 15 is 0 Å². The molecule has 0 bridgehead atoms. The maximum absolute atomic E-state index is 12.8. The van der Waals surface area contributed by atoms with Gasteiger partial charge in [0.05, 0.1) is 25.5 Å². The van der Waals surface area contributed by atoms with Crippen molar-refractivity contribution in [1.82, 2.24) is 4.90 Å². The first-order chi connectivity index (χ1) is 14.9. The van der Waals surface area contributed by atoms with E-state index in [1.165, 1.54) is 18.9 Å². The van der Waals surface area contributed by atoms with Crippen LogP contribution in [0.25, 0.3) is 0 Å². The van der Waals surface area contributed by atoms with Gasteiger partial charge in [0.25, 0.3) is 0 Å². The highest BCUT2D eigenvalue weighted by atomic mass is 32.2. The molecule has 1 aliphatic heterocycles. The van der Waals surface area contributed by atoms with E-state index in [1.807, 2.05) is 6.92 Å². The Hall–Kier alpha value is -3.33. The molecule has 1 N–H and O–H groups in total. The second-order valence-electron chi connectivity index (χ2n) is 6.60. The Morgan fingerprint density at radius 2 is 1.77 bits per heavy atom. The van der Waals surface area contributed by atoms with Gasteiger partial charge in [0, 0.05) is 18.7 Å². The molecule has 0 saturated carbocycles. The Balaban J connectivity index is 1.67. The van der Waals surface area contributed by atoms with Crippen molar-refractivity contribution < 1.29 is 23.9 Å². The molecular weight excluding hydrogens is 418 g/mol. The molecule has 8 nitrogen and oxygen atoms in total. The summed E-state index contributed by atoms with van der Waals surface area (Å²) in [7, 11) is 2.89. The molecule has 9 heteroatoms. The van der Waals surface area contributed by atoms with Crippen molar-refractivity contribution in [2.24, 2.45) is 4.99 Å². The summed E-state index contributed by atoms with van der Waals surface area (Å²) in [5.74, 6) is -0.139. The summed E-state index contributed by atoms with van der Waals surface area (Å²) in [4.78, 5) is 42.9. The normalized spacial score (nSPS) is 17.0. The predicted molar refractivity (Wildman–Crippen MR) is 120 cm³/mol. The Morgan fingerprint density at radius 1 is 1.10 bits per heavy atom. The van der Waals surface area contributed by atoms with Crippen molar-refractivity contribution in [3.63, 3.8) is 0 Å². The van der Waals surface area contributed by atoms with E-state index < -0.39 is 11.2 Å². The minimum atomic E-state index is -0.550. The molecule has 0 spiro atoms. The lowest BCUT2D eigenvalue weighted by molar-refractivity contribution is -0.128. The third-order valence-corrected chi connectivity index (χ3v) is 5.77. The van der Waals surface area contributed by atoms with E-state index in [2.05, 4.69) is 15.0 Å². The number of carbonyl (C=O) groups excluding carboxylic acids is 3. The summed E-state index contributed by atoms with van der Waals surface area (Å²) in [5, 5.41) is 2.78. The summed E-state index contributed by atoms with van der Waals surface area (Å²) in [6.45, 7) is 2.30. The number of carbonyl (C=O) groups is 3. The lowest BCUT2D eigenvalue weighted by atomic mass is 10.2. The molecule has 1 aliphatic rings. The Kier molecular flexibility index (Phi) is 7.30. The fraction of sp³-hybridized carbons (Fsp3) is 0.273. The van der Waals surface area contributed by atoms with Gasteiger partial charge in [-0.2, -0.15) is 0 Å². The summed E-state index contributed by atoms with van der Waals surface area (Å²) in [5.41, 5.74) is 1.65. The molecule has 2 amide bonds. The van der Waals surface area contributed by atoms with Crippen LogP contribution in [0.4, 0.5) is 11.4 Å². The van der Waals surface area contributed by atoms with Gasteiger partial charge < -0.3 is 14.8 Å². The average molecular weight is 442 g/mol. The second-order valence-corrected chi connectivity index (χ2v) is 7.77. The van der Waals surface area contributed by atoms with Crippen LogP contribution in [0, 0.1) is 0 Å². The monoisotopic (exact) mass is 441 g/mol. The van der Waals surface area contributed by atoms with Gasteiger partial charge >= 0.3 is 5.97 Å². The molecule has 2 aromatic carbocycles. The van der Waals surface area contributed by atoms with Crippen LogP contribution in [0.2, 0.25) is 0 Å². The van der Waals surface area contributed by atoms with Crippen LogP contribution in [0.5, 0.6) is 5.75 Å². The zero-order chi connectivity index (χ0) is 22.4. The number of hydrogen-bond donors (Lipinski definition) is 1. The van der Waals surface area contributed by atoms with Crippen molar-refractivity contribution in [2.45, 2.75) is 18.6 Å². The Morgan fingerprint density at radius 3 is 2.35 bits per heavy atom. The first kappa shape index (κ1) is 22.4. The highest BCUT2D eigenvalue weighted by Crippen LogP contribution is 2.32. The van der Waals surface area contributed by atoms with E-state index in [1.54, 1.807) is 60.5 Å². The number of hydrogen-bond acceptors (Lipinski definition) is 7. The maximum Gasteiger partial charge on any atom is 0.337 e. The van der Waals surface area contributed by atoms with Crippen LogP contribution in [0.1, 0.15) is 23.7 Å². The largest absolute Gasteiger partial charge is 0.497 e. The SMILES string of the molecule is CCN1C(=O)C(CC(=O)Nc2ccc(OC)cc2)SC1=Nc1ccc(C(=O)OC)cc1. The quantitative estimate of drug-likeness (QED) is 0.661. The molecular formula is C22H23N3O5S. The molecule has 1 unspecified atom stereocenters. The Bertz CT molecular complexity index is 989.